The number of nitrogens with zero attached hydrogens (tertiary/aromatic N) is 1. The predicted octanol–water partition coefficient (Wildman–Crippen LogP) is 3.55. The fourth-order valence-electron chi connectivity index (χ4n) is 2.26. The lowest BCUT2D eigenvalue weighted by Crippen LogP contribution is -2.43. The van der Waals surface area contributed by atoms with Crippen LogP contribution in [0.4, 0.5) is 5.69 Å². The van der Waals surface area contributed by atoms with E-state index < -0.39 is 19.0 Å². The third-order valence-electron chi connectivity index (χ3n) is 3.24. The molecule has 0 saturated heterocycles. The summed E-state index contributed by atoms with van der Waals surface area (Å²) in [6.07, 6.45) is 0.208. The second-order valence-electron chi connectivity index (χ2n) is 4.91. The molecular weight excluding hydrogens is 353 g/mol. The molecule has 2 aromatic carbocycles. The summed E-state index contributed by atoms with van der Waals surface area (Å²) in [7, 11) is 1.40. The predicted molar refractivity (Wildman–Crippen MR) is 91.6 cm³/mol. The van der Waals surface area contributed by atoms with E-state index in [4.69, 9.17) is 21.0 Å². The quantitative estimate of drug-likeness (QED) is 0.594. The van der Waals surface area contributed by atoms with Gasteiger partial charge in [0.25, 0.3) is 0 Å². The Labute approximate surface area is 144 Å². The Balaban J connectivity index is 2.33. The Morgan fingerprint density at radius 3 is 2.21 bits per heavy atom. The van der Waals surface area contributed by atoms with Gasteiger partial charge < -0.3 is 9.42 Å². The Morgan fingerprint density at radius 1 is 1.17 bits per heavy atom. The van der Waals surface area contributed by atoms with E-state index in [1.165, 1.54) is 12.2 Å². The van der Waals surface area contributed by atoms with Crippen LogP contribution in [0.15, 0.2) is 60.7 Å². The Kier molecular flexibility index (Phi) is 6.40. The van der Waals surface area contributed by atoms with Crippen LogP contribution in [0, 0.1) is 0 Å². The number of anilines is 1. The normalized spacial score (nSPS) is 14.5. The van der Waals surface area contributed by atoms with Crippen LogP contribution in [0.25, 0.3) is 0 Å². The maximum atomic E-state index is 12.4. The number of carbonyl (C=O) groups is 1. The topological polar surface area (TPSA) is 76.1 Å². The molecule has 0 aliphatic carbocycles. The number of carbonyl (C=O) groups excluding carboxylic acids is 1. The van der Waals surface area contributed by atoms with Gasteiger partial charge in [0.1, 0.15) is 0 Å². The summed E-state index contributed by atoms with van der Waals surface area (Å²) < 4.78 is 15.7. The fraction of sp³-hybridized carbons (Fsp3) is 0.188. The highest BCUT2D eigenvalue weighted by atomic mass is 35.7. The van der Waals surface area contributed by atoms with Crippen LogP contribution >= 0.6 is 18.2 Å². The number of rotatable bonds is 7. The average Bonchev–Trinajstić information content (AvgIpc) is 2.55. The van der Waals surface area contributed by atoms with Gasteiger partial charge >= 0.3 is 12.9 Å². The zero-order valence-corrected chi connectivity index (χ0v) is 14.6. The molecule has 0 radical (unpaired) electrons. The summed E-state index contributed by atoms with van der Waals surface area (Å²) in [5.41, 5.74) is 1.43. The summed E-state index contributed by atoms with van der Waals surface area (Å²) >= 11 is 5.18. The number of para-hydroxylation sites is 1. The van der Waals surface area contributed by atoms with Crippen molar-refractivity contribution < 1.29 is 23.6 Å². The first-order valence-corrected chi connectivity index (χ1v) is 9.57. The summed E-state index contributed by atoms with van der Waals surface area (Å²) in [6, 6.07) is 17.1. The lowest BCUT2D eigenvalue weighted by molar-refractivity contribution is -0.138. The highest BCUT2D eigenvalue weighted by molar-refractivity contribution is 7.80. The van der Waals surface area contributed by atoms with Crippen molar-refractivity contribution in [2.75, 3.05) is 12.2 Å². The fourth-order valence-corrected chi connectivity index (χ4v) is 2.81. The zero-order chi connectivity index (χ0) is 17.6. The third-order valence-corrected chi connectivity index (χ3v) is 3.85. The van der Waals surface area contributed by atoms with Crippen LogP contribution in [0.1, 0.15) is 5.56 Å². The molecule has 6 nitrogen and oxygen atoms in total. The molecule has 24 heavy (non-hydrogen) atoms. The summed E-state index contributed by atoms with van der Waals surface area (Å²) in [4.78, 5) is 26.8. The molecule has 2 atom stereocenters. The number of hydroxylamine groups is 1. The second-order valence-corrected chi connectivity index (χ2v) is 7.28. The van der Waals surface area contributed by atoms with Crippen molar-refractivity contribution in [3.63, 3.8) is 0 Å². The van der Waals surface area contributed by atoms with Crippen LogP contribution in [-0.4, -0.2) is 24.0 Å². The first kappa shape index (κ1) is 18.5. The van der Waals surface area contributed by atoms with Gasteiger partial charge in [-0.2, -0.15) is 0 Å². The molecule has 0 aromatic heterocycles. The van der Waals surface area contributed by atoms with Crippen molar-refractivity contribution in [2.24, 2.45) is 0 Å². The Hall–Kier alpha value is -1.85. The zero-order valence-electron chi connectivity index (χ0n) is 12.9. The number of hydrogen-bond acceptors (Lipinski definition) is 5. The van der Waals surface area contributed by atoms with Crippen molar-refractivity contribution >= 4 is 29.8 Å². The van der Waals surface area contributed by atoms with Gasteiger partial charge in [-0.25, -0.2) is 14.4 Å². The lowest BCUT2D eigenvalue weighted by Gasteiger charge is -2.29. The van der Waals surface area contributed by atoms with Crippen LogP contribution in [0.3, 0.4) is 0 Å². The molecular formula is C16H17ClNO5P. The lowest BCUT2D eigenvalue weighted by atomic mass is 10.1. The maximum Gasteiger partial charge on any atom is 0.476 e. The van der Waals surface area contributed by atoms with E-state index in [1.807, 2.05) is 36.4 Å². The van der Waals surface area contributed by atoms with Gasteiger partial charge in [-0.3, -0.25) is 4.84 Å². The van der Waals surface area contributed by atoms with Gasteiger partial charge in [0.05, 0.1) is 12.8 Å². The van der Waals surface area contributed by atoms with Gasteiger partial charge in [-0.05, 0) is 17.7 Å². The van der Waals surface area contributed by atoms with Gasteiger partial charge in [0.2, 0.25) is 0 Å². The molecule has 0 heterocycles. The van der Waals surface area contributed by atoms with E-state index in [-0.39, 0.29) is 6.42 Å². The molecule has 0 spiro atoms. The molecule has 0 fully saturated rings. The molecule has 0 aliphatic heterocycles. The Bertz CT molecular complexity index is 707. The van der Waals surface area contributed by atoms with Crippen molar-refractivity contribution in [1.29, 1.82) is 0 Å². The van der Waals surface area contributed by atoms with Gasteiger partial charge in [0.15, 0.2) is 6.04 Å². The first-order valence-electron chi connectivity index (χ1n) is 7.09. The summed E-state index contributed by atoms with van der Waals surface area (Å²) in [5, 5.41) is 1.32. The van der Waals surface area contributed by atoms with Crippen molar-refractivity contribution in [3.05, 3.63) is 66.2 Å². The number of halogens is 1. The SMILES string of the molecule is CON(c1ccccc1)[C@@H](Cc1ccccc1)C(=O)OP(=O)(O)Cl. The van der Waals surface area contributed by atoms with Crippen molar-refractivity contribution in [2.45, 2.75) is 12.5 Å². The van der Waals surface area contributed by atoms with Gasteiger partial charge in [-0.1, -0.05) is 48.5 Å². The molecule has 0 amide bonds. The average molecular weight is 370 g/mol. The highest BCUT2D eigenvalue weighted by Crippen LogP contribution is 2.48. The smallest absolute Gasteiger partial charge is 0.379 e. The van der Waals surface area contributed by atoms with Gasteiger partial charge in [-0.15, -0.1) is 0 Å². The van der Waals surface area contributed by atoms with E-state index >= 15 is 0 Å². The minimum Gasteiger partial charge on any atom is -0.379 e. The maximum absolute atomic E-state index is 12.4. The summed E-state index contributed by atoms with van der Waals surface area (Å²) in [5.74, 6) is -0.953. The van der Waals surface area contributed by atoms with E-state index in [2.05, 4.69) is 4.52 Å². The van der Waals surface area contributed by atoms with Crippen LogP contribution in [0.2, 0.25) is 0 Å². The molecule has 0 saturated carbocycles. The third kappa shape index (κ3) is 5.35. The second kappa shape index (κ2) is 8.31. The monoisotopic (exact) mass is 369 g/mol. The van der Waals surface area contributed by atoms with Crippen LogP contribution in [-0.2, 0) is 25.1 Å². The minimum atomic E-state index is -4.48. The number of benzene rings is 2. The molecule has 128 valence electrons. The molecule has 0 bridgehead atoms. The standard InChI is InChI=1S/C16H17ClNO5P/c1-22-18(14-10-6-3-7-11-14)15(16(19)23-24(17,20)21)12-13-8-4-2-5-9-13/h2-11,15H,12H2,1H3,(H,20,21)/t15-/m0/s1. The van der Waals surface area contributed by atoms with Crippen molar-refractivity contribution in [3.8, 4) is 0 Å². The highest BCUT2D eigenvalue weighted by Gasteiger charge is 2.33. The van der Waals surface area contributed by atoms with Crippen LogP contribution < -0.4 is 5.06 Å². The van der Waals surface area contributed by atoms with E-state index in [0.717, 1.165) is 5.56 Å². The van der Waals surface area contributed by atoms with Crippen molar-refractivity contribution in [1.82, 2.24) is 0 Å². The molecule has 2 rings (SSSR count). The first-order chi connectivity index (χ1) is 11.4. The van der Waals surface area contributed by atoms with Crippen LogP contribution in [0.5, 0.6) is 0 Å². The largest absolute Gasteiger partial charge is 0.476 e. The molecule has 1 N–H and O–H groups in total. The van der Waals surface area contributed by atoms with Gasteiger partial charge in [0, 0.05) is 17.7 Å². The molecule has 1 unspecified atom stereocenters. The number of hydrogen-bond donors (Lipinski definition) is 1. The molecule has 8 heteroatoms. The molecule has 0 aliphatic rings. The van der Waals surface area contributed by atoms with E-state index in [9.17, 15) is 9.36 Å². The summed E-state index contributed by atoms with van der Waals surface area (Å²) in [6.45, 7) is -4.48. The Morgan fingerprint density at radius 2 is 1.71 bits per heavy atom. The van der Waals surface area contributed by atoms with E-state index in [0.29, 0.717) is 5.69 Å². The van der Waals surface area contributed by atoms with E-state index in [1.54, 1.807) is 24.3 Å². The molecule has 2 aromatic rings. The minimum absolute atomic E-state index is 0.208.